The van der Waals surface area contributed by atoms with Crippen LogP contribution >= 0.6 is 15.9 Å². The molecule has 1 atom stereocenters. The molecule has 0 aliphatic carbocycles. The van der Waals surface area contributed by atoms with Crippen molar-refractivity contribution in [1.29, 1.82) is 0 Å². The number of fused-ring (bicyclic) bond motifs is 1. The highest BCUT2D eigenvalue weighted by molar-refractivity contribution is 9.10. The van der Waals surface area contributed by atoms with Crippen LogP contribution in [0.3, 0.4) is 0 Å². The number of hydrogen-bond donors (Lipinski definition) is 0. The van der Waals surface area contributed by atoms with Crippen molar-refractivity contribution < 1.29 is 18.7 Å². The zero-order chi connectivity index (χ0) is 21.3. The predicted octanol–water partition coefficient (Wildman–Crippen LogP) is 5.39. The number of rotatable bonds is 4. The zero-order valence-electron chi connectivity index (χ0n) is 16.7. The lowest BCUT2D eigenvalue weighted by Gasteiger charge is -2.38. The average molecular weight is 470 g/mol. The number of hydrogen-bond acceptors (Lipinski definition) is 3. The van der Waals surface area contributed by atoms with Crippen LogP contribution in [0.15, 0.2) is 65.1 Å². The molecule has 1 aliphatic heterocycles. The first kappa shape index (κ1) is 20.4. The van der Waals surface area contributed by atoms with E-state index in [0.29, 0.717) is 34.5 Å². The molecule has 0 aromatic heterocycles. The van der Waals surface area contributed by atoms with Gasteiger partial charge in [-0.3, -0.25) is 4.79 Å². The minimum Gasteiger partial charge on any atom is -0.493 e. The Hall–Kier alpha value is -2.86. The number of halogens is 2. The second-order valence-electron chi connectivity index (χ2n) is 7.09. The number of ether oxygens (including phenoxy) is 2. The summed E-state index contributed by atoms with van der Waals surface area (Å²) < 4.78 is 25.0. The van der Waals surface area contributed by atoms with E-state index in [-0.39, 0.29) is 17.8 Å². The molecule has 0 bridgehead atoms. The highest BCUT2D eigenvalue weighted by Crippen LogP contribution is 2.41. The third-order valence-corrected chi connectivity index (χ3v) is 6.07. The average Bonchev–Trinajstić information content (AvgIpc) is 2.77. The molecule has 3 aromatic carbocycles. The Morgan fingerprint density at radius 1 is 1.03 bits per heavy atom. The SMILES string of the molecule is COc1cc2c(cc1OC)C(c1ccccc1)N(C(=O)c1ccc(F)cc1Br)CC2. The maximum absolute atomic E-state index is 13.6. The van der Waals surface area contributed by atoms with Crippen LogP contribution < -0.4 is 9.47 Å². The van der Waals surface area contributed by atoms with Crippen molar-refractivity contribution in [3.05, 3.63) is 93.2 Å². The van der Waals surface area contributed by atoms with Gasteiger partial charge in [0.25, 0.3) is 5.91 Å². The van der Waals surface area contributed by atoms with Crippen LogP contribution in [0.25, 0.3) is 0 Å². The van der Waals surface area contributed by atoms with Gasteiger partial charge in [0, 0.05) is 11.0 Å². The van der Waals surface area contributed by atoms with E-state index < -0.39 is 0 Å². The zero-order valence-corrected chi connectivity index (χ0v) is 18.3. The Morgan fingerprint density at radius 3 is 2.40 bits per heavy atom. The van der Waals surface area contributed by atoms with Gasteiger partial charge in [0.1, 0.15) is 5.82 Å². The maximum atomic E-state index is 13.6. The Balaban J connectivity index is 1.85. The third-order valence-electron chi connectivity index (χ3n) is 5.41. The Bertz CT molecular complexity index is 1090. The van der Waals surface area contributed by atoms with E-state index in [1.54, 1.807) is 14.2 Å². The third kappa shape index (κ3) is 3.67. The first-order valence-corrected chi connectivity index (χ1v) is 10.4. The van der Waals surface area contributed by atoms with Gasteiger partial charge in [0.05, 0.1) is 25.8 Å². The van der Waals surface area contributed by atoms with E-state index in [2.05, 4.69) is 15.9 Å². The maximum Gasteiger partial charge on any atom is 0.255 e. The van der Waals surface area contributed by atoms with Gasteiger partial charge in [0.15, 0.2) is 11.5 Å². The summed E-state index contributed by atoms with van der Waals surface area (Å²) >= 11 is 3.34. The number of carbonyl (C=O) groups excluding carboxylic acids is 1. The summed E-state index contributed by atoms with van der Waals surface area (Å²) in [5, 5.41) is 0. The number of benzene rings is 3. The summed E-state index contributed by atoms with van der Waals surface area (Å²) in [7, 11) is 3.22. The van der Waals surface area contributed by atoms with E-state index >= 15 is 0 Å². The molecule has 0 saturated carbocycles. The molecule has 3 aromatic rings. The minimum atomic E-state index is -0.390. The van der Waals surface area contributed by atoms with Gasteiger partial charge in [-0.1, -0.05) is 30.3 Å². The molecule has 0 N–H and O–H groups in total. The van der Waals surface area contributed by atoms with E-state index in [1.165, 1.54) is 18.2 Å². The van der Waals surface area contributed by atoms with E-state index in [0.717, 1.165) is 16.7 Å². The van der Waals surface area contributed by atoms with Crippen LogP contribution in [0.2, 0.25) is 0 Å². The van der Waals surface area contributed by atoms with Crippen molar-refractivity contribution in [2.75, 3.05) is 20.8 Å². The van der Waals surface area contributed by atoms with Gasteiger partial charge in [-0.05, 0) is 69.4 Å². The highest BCUT2D eigenvalue weighted by Gasteiger charge is 2.34. The standard InChI is InChI=1S/C24H21BrFNO3/c1-29-21-12-16-10-11-27(24(28)18-9-8-17(26)13-20(18)25)23(15-6-4-3-5-7-15)19(16)14-22(21)30-2/h3-9,12-14,23H,10-11H2,1-2H3. The fraction of sp³-hybridized carbons (Fsp3) is 0.208. The molecule has 1 amide bonds. The normalized spacial score (nSPS) is 15.5. The van der Waals surface area contributed by atoms with Gasteiger partial charge >= 0.3 is 0 Å². The van der Waals surface area contributed by atoms with E-state index in [4.69, 9.17) is 9.47 Å². The fourth-order valence-electron chi connectivity index (χ4n) is 3.98. The first-order valence-electron chi connectivity index (χ1n) is 9.59. The molecule has 6 heteroatoms. The molecular formula is C24H21BrFNO3. The summed E-state index contributed by atoms with van der Waals surface area (Å²) in [6.07, 6.45) is 0.684. The highest BCUT2D eigenvalue weighted by atomic mass is 79.9. The Labute approximate surface area is 183 Å². The van der Waals surface area contributed by atoms with Crippen LogP contribution in [-0.4, -0.2) is 31.6 Å². The number of carbonyl (C=O) groups is 1. The lowest BCUT2D eigenvalue weighted by molar-refractivity contribution is 0.0693. The Morgan fingerprint density at radius 2 is 1.73 bits per heavy atom. The van der Waals surface area contributed by atoms with Crippen molar-refractivity contribution in [1.82, 2.24) is 4.90 Å². The van der Waals surface area contributed by atoms with Crippen LogP contribution in [0.5, 0.6) is 11.5 Å². The fourth-order valence-corrected chi connectivity index (χ4v) is 4.50. The molecule has 4 nitrogen and oxygen atoms in total. The minimum absolute atomic E-state index is 0.156. The van der Waals surface area contributed by atoms with E-state index in [9.17, 15) is 9.18 Å². The second kappa shape index (κ2) is 8.48. The molecule has 154 valence electrons. The molecule has 30 heavy (non-hydrogen) atoms. The largest absolute Gasteiger partial charge is 0.493 e. The molecule has 0 spiro atoms. The van der Waals surface area contributed by atoms with Gasteiger partial charge in [-0.25, -0.2) is 4.39 Å². The van der Waals surface area contributed by atoms with Crippen LogP contribution in [0, 0.1) is 5.82 Å². The molecule has 0 saturated heterocycles. The Kier molecular flexibility index (Phi) is 5.77. The number of nitrogens with zero attached hydrogens (tertiary/aromatic N) is 1. The number of methoxy groups -OCH3 is 2. The lowest BCUT2D eigenvalue weighted by atomic mass is 9.87. The second-order valence-corrected chi connectivity index (χ2v) is 7.95. The summed E-state index contributed by atoms with van der Waals surface area (Å²) in [5.74, 6) is 0.744. The molecular weight excluding hydrogens is 449 g/mol. The molecule has 4 rings (SSSR count). The van der Waals surface area contributed by atoms with Gasteiger partial charge < -0.3 is 14.4 Å². The molecule has 1 heterocycles. The van der Waals surface area contributed by atoms with Gasteiger partial charge in [-0.2, -0.15) is 0 Å². The molecule has 0 radical (unpaired) electrons. The van der Waals surface area contributed by atoms with Crippen molar-refractivity contribution in [2.45, 2.75) is 12.5 Å². The van der Waals surface area contributed by atoms with Crippen LogP contribution in [0.4, 0.5) is 4.39 Å². The summed E-state index contributed by atoms with van der Waals surface area (Å²) in [5.41, 5.74) is 3.54. The van der Waals surface area contributed by atoms with Gasteiger partial charge in [0.2, 0.25) is 0 Å². The van der Waals surface area contributed by atoms with Crippen molar-refractivity contribution in [3.8, 4) is 11.5 Å². The van der Waals surface area contributed by atoms with Crippen LogP contribution in [-0.2, 0) is 6.42 Å². The summed E-state index contributed by atoms with van der Waals surface area (Å²) in [4.78, 5) is 15.4. The van der Waals surface area contributed by atoms with E-state index in [1.807, 2.05) is 47.4 Å². The summed E-state index contributed by atoms with van der Waals surface area (Å²) in [6, 6.07) is 17.7. The quantitative estimate of drug-likeness (QED) is 0.513. The number of amides is 1. The molecule has 0 fully saturated rings. The van der Waals surface area contributed by atoms with Crippen LogP contribution in [0.1, 0.15) is 33.1 Å². The lowest BCUT2D eigenvalue weighted by Crippen LogP contribution is -2.40. The smallest absolute Gasteiger partial charge is 0.255 e. The monoisotopic (exact) mass is 469 g/mol. The van der Waals surface area contributed by atoms with Crippen molar-refractivity contribution in [3.63, 3.8) is 0 Å². The first-order chi connectivity index (χ1) is 14.5. The van der Waals surface area contributed by atoms with Crippen molar-refractivity contribution in [2.24, 2.45) is 0 Å². The summed E-state index contributed by atoms with van der Waals surface area (Å²) in [6.45, 7) is 0.532. The molecule has 1 aliphatic rings. The predicted molar refractivity (Wildman–Crippen MR) is 117 cm³/mol. The topological polar surface area (TPSA) is 38.8 Å². The van der Waals surface area contributed by atoms with Crippen molar-refractivity contribution >= 4 is 21.8 Å². The van der Waals surface area contributed by atoms with Gasteiger partial charge in [-0.15, -0.1) is 0 Å². The molecule has 1 unspecified atom stereocenters.